The minimum Gasteiger partial charge on any atom is -0.378 e. The maximum atomic E-state index is 12.2. The van der Waals surface area contributed by atoms with Crippen molar-refractivity contribution in [2.24, 2.45) is 7.05 Å². The summed E-state index contributed by atoms with van der Waals surface area (Å²) in [4.78, 5) is 14.3. The molecule has 0 radical (unpaired) electrons. The standard InChI is InChI=1S/C16H20BrN5O2S/c1-11-9-12(3-4-13(11)17)18-14(23)10-25-16-20-19-15(21(16)2)22-5-7-24-8-6-22/h3-4,9H,5-8,10H2,1-2H3,(H,18,23). The van der Waals surface area contributed by atoms with Crippen LogP contribution in [0.25, 0.3) is 0 Å². The van der Waals surface area contributed by atoms with Crippen molar-refractivity contribution in [2.75, 3.05) is 42.3 Å². The molecule has 1 N–H and O–H groups in total. The van der Waals surface area contributed by atoms with E-state index < -0.39 is 0 Å². The van der Waals surface area contributed by atoms with Gasteiger partial charge < -0.3 is 15.0 Å². The van der Waals surface area contributed by atoms with Gasteiger partial charge in [-0.2, -0.15) is 0 Å². The highest BCUT2D eigenvalue weighted by Gasteiger charge is 2.19. The Hall–Kier alpha value is -1.58. The third kappa shape index (κ3) is 4.53. The van der Waals surface area contributed by atoms with Crippen LogP contribution in [-0.4, -0.2) is 52.7 Å². The lowest BCUT2D eigenvalue weighted by Gasteiger charge is -2.27. The van der Waals surface area contributed by atoms with Gasteiger partial charge in [-0.1, -0.05) is 27.7 Å². The van der Waals surface area contributed by atoms with E-state index in [1.165, 1.54) is 11.8 Å². The molecule has 0 saturated carbocycles. The number of hydrogen-bond acceptors (Lipinski definition) is 6. The Morgan fingerprint density at radius 3 is 2.84 bits per heavy atom. The number of aryl methyl sites for hydroxylation is 1. The van der Waals surface area contributed by atoms with E-state index in [1.807, 2.05) is 36.7 Å². The van der Waals surface area contributed by atoms with Gasteiger partial charge in [-0.3, -0.25) is 9.36 Å². The molecule has 0 spiro atoms. The summed E-state index contributed by atoms with van der Waals surface area (Å²) in [5.41, 5.74) is 1.87. The molecule has 0 bridgehead atoms. The third-order valence-electron chi connectivity index (χ3n) is 3.88. The number of nitrogens with zero attached hydrogens (tertiary/aromatic N) is 4. The molecule has 1 fully saturated rings. The Labute approximate surface area is 159 Å². The van der Waals surface area contributed by atoms with E-state index in [1.54, 1.807) is 0 Å². The number of carbonyl (C=O) groups is 1. The van der Waals surface area contributed by atoms with Gasteiger partial charge in [-0.15, -0.1) is 10.2 Å². The molecule has 7 nitrogen and oxygen atoms in total. The number of ether oxygens (including phenoxy) is 1. The zero-order chi connectivity index (χ0) is 17.8. The fourth-order valence-electron chi connectivity index (χ4n) is 2.52. The van der Waals surface area contributed by atoms with Gasteiger partial charge in [-0.05, 0) is 30.7 Å². The Morgan fingerprint density at radius 2 is 2.12 bits per heavy atom. The van der Waals surface area contributed by atoms with Crippen molar-refractivity contribution in [1.82, 2.24) is 14.8 Å². The monoisotopic (exact) mass is 425 g/mol. The molecule has 0 aliphatic carbocycles. The number of amides is 1. The highest BCUT2D eigenvalue weighted by Crippen LogP contribution is 2.22. The van der Waals surface area contributed by atoms with E-state index in [0.717, 1.165) is 39.9 Å². The molecular weight excluding hydrogens is 406 g/mol. The number of aromatic nitrogens is 3. The van der Waals surface area contributed by atoms with E-state index >= 15 is 0 Å². The predicted molar refractivity (Wildman–Crippen MR) is 102 cm³/mol. The minimum absolute atomic E-state index is 0.0670. The second kappa shape index (κ2) is 8.20. The van der Waals surface area contributed by atoms with Crippen molar-refractivity contribution in [1.29, 1.82) is 0 Å². The molecule has 25 heavy (non-hydrogen) atoms. The topological polar surface area (TPSA) is 72.3 Å². The Balaban J connectivity index is 1.56. The fraction of sp³-hybridized carbons (Fsp3) is 0.438. The average Bonchev–Trinajstić information content (AvgIpc) is 2.98. The molecule has 1 aromatic heterocycles. The van der Waals surface area contributed by atoms with Crippen LogP contribution in [-0.2, 0) is 16.6 Å². The normalized spacial score (nSPS) is 14.6. The van der Waals surface area contributed by atoms with E-state index in [0.29, 0.717) is 13.2 Å². The lowest BCUT2D eigenvalue weighted by molar-refractivity contribution is -0.113. The Bertz CT molecular complexity index is 761. The number of benzene rings is 1. The molecular formula is C16H20BrN5O2S. The van der Waals surface area contributed by atoms with E-state index in [2.05, 4.69) is 36.3 Å². The lowest BCUT2D eigenvalue weighted by Crippen LogP contribution is -2.37. The van der Waals surface area contributed by atoms with E-state index in [9.17, 15) is 4.79 Å². The van der Waals surface area contributed by atoms with Gasteiger partial charge in [0.25, 0.3) is 0 Å². The van der Waals surface area contributed by atoms with Crippen LogP contribution in [0, 0.1) is 6.92 Å². The van der Waals surface area contributed by atoms with Gasteiger partial charge in [0.2, 0.25) is 11.9 Å². The van der Waals surface area contributed by atoms with Crippen molar-refractivity contribution >= 4 is 45.2 Å². The van der Waals surface area contributed by atoms with Gasteiger partial charge in [0.05, 0.1) is 19.0 Å². The molecule has 1 aromatic carbocycles. The summed E-state index contributed by atoms with van der Waals surface area (Å²) >= 11 is 4.83. The average molecular weight is 426 g/mol. The molecule has 1 amide bonds. The summed E-state index contributed by atoms with van der Waals surface area (Å²) in [6.07, 6.45) is 0. The quantitative estimate of drug-likeness (QED) is 0.741. The second-order valence-electron chi connectivity index (χ2n) is 5.74. The van der Waals surface area contributed by atoms with Gasteiger partial charge in [0, 0.05) is 30.3 Å². The number of anilines is 2. The van der Waals surface area contributed by atoms with Crippen LogP contribution < -0.4 is 10.2 Å². The van der Waals surface area contributed by atoms with Crippen molar-refractivity contribution in [3.05, 3.63) is 28.2 Å². The first-order chi connectivity index (χ1) is 12.0. The summed E-state index contributed by atoms with van der Waals surface area (Å²) in [5.74, 6) is 1.03. The number of morpholine rings is 1. The molecule has 134 valence electrons. The Morgan fingerprint density at radius 1 is 1.36 bits per heavy atom. The number of hydrogen-bond donors (Lipinski definition) is 1. The van der Waals surface area contributed by atoms with Crippen LogP contribution in [0.3, 0.4) is 0 Å². The first-order valence-corrected chi connectivity index (χ1v) is 9.73. The number of halogens is 1. The maximum absolute atomic E-state index is 12.2. The van der Waals surface area contributed by atoms with Gasteiger partial charge in [0.1, 0.15) is 0 Å². The summed E-state index contributed by atoms with van der Waals surface area (Å²) in [5, 5.41) is 12.1. The van der Waals surface area contributed by atoms with Gasteiger partial charge >= 0.3 is 0 Å². The first kappa shape index (κ1) is 18.2. The largest absolute Gasteiger partial charge is 0.378 e. The molecule has 0 unspecified atom stereocenters. The molecule has 2 heterocycles. The van der Waals surface area contributed by atoms with Crippen molar-refractivity contribution in [3.8, 4) is 0 Å². The zero-order valence-electron chi connectivity index (χ0n) is 14.2. The number of thioether (sulfide) groups is 1. The summed E-state index contributed by atoms with van der Waals surface area (Å²) in [7, 11) is 1.92. The van der Waals surface area contributed by atoms with Crippen LogP contribution in [0.15, 0.2) is 27.8 Å². The molecule has 2 aromatic rings. The van der Waals surface area contributed by atoms with Crippen LogP contribution >= 0.6 is 27.7 Å². The minimum atomic E-state index is -0.0670. The number of nitrogens with one attached hydrogen (secondary N) is 1. The van der Waals surface area contributed by atoms with Crippen molar-refractivity contribution in [3.63, 3.8) is 0 Å². The SMILES string of the molecule is Cc1cc(NC(=O)CSc2nnc(N3CCOCC3)n2C)ccc1Br. The fourth-order valence-corrected chi connectivity index (χ4v) is 3.47. The van der Waals surface area contributed by atoms with Crippen LogP contribution in [0.2, 0.25) is 0 Å². The number of rotatable bonds is 5. The molecule has 9 heteroatoms. The van der Waals surface area contributed by atoms with Crippen molar-refractivity contribution in [2.45, 2.75) is 12.1 Å². The summed E-state index contributed by atoms with van der Waals surface area (Å²) in [6, 6.07) is 5.74. The highest BCUT2D eigenvalue weighted by molar-refractivity contribution is 9.10. The van der Waals surface area contributed by atoms with Crippen LogP contribution in [0.4, 0.5) is 11.6 Å². The number of carbonyl (C=O) groups excluding carboxylic acids is 1. The lowest BCUT2D eigenvalue weighted by atomic mass is 10.2. The zero-order valence-corrected chi connectivity index (χ0v) is 16.6. The highest BCUT2D eigenvalue weighted by atomic mass is 79.9. The molecule has 1 aliphatic heterocycles. The van der Waals surface area contributed by atoms with Crippen LogP contribution in [0.1, 0.15) is 5.56 Å². The maximum Gasteiger partial charge on any atom is 0.234 e. The van der Waals surface area contributed by atoms with Crippen LogP contribution in [0.5, 0.6) is 0 Å². The molecule has 3 rings (SSSR count). The molecule has 0 atom stereocenters. The Kier molecular flexibility index (Phi) is 5.98. The molecule has 1 saturated heterocycles. The van der Waals surface area contributed by atoms with E-state index in [4.69, 9.17) is 4.74 Å². The first-order valence-electron chi connectivity index (χ1n) is 7.95. The second-order valence-corrected chi connectivity index (χ2v) is 7.54. The predicted octanol–water partition coefficient (Wildman–Crippen LogP) is 2.45. The van der Waals surface area contributed by atoms with Gasteiger partial charge in [0.15, 0.2) is 5.16 Å². The van der Waals surface area contributed by atoms with Gasteiger partial charge in [-0.25, -0.2) is 0 Å². The third-order valence-corrected chi connectivity index (χ3v) is 5.79. The van der Waals surface area contributed by atoms with Crippen molar-refractivity contribution < 1.29 is 9.53 Å². The molecule has 1 aliphatic rings. The summed E-state index contributed by atoms with van der Waals surface area (Å²) < 4.78 is 8.31. The van der Waals surface area contributed by atoms with E-state index in [-0.39, 0.29) is 11.7 Å². The smallest absolute Gasteiger partial charge is 0.234 e. The summed E-state index contributed by atoms with van der Waals surface area (Å²) in [6.45, 7) is 5.00.